The van der Waals surface area contributed by atoms with Crippen LogP contribution in [0.3, 0.4) is 0 Å². The average Bonchev–Trinajstić information content (AvgIpc) is 2.20. The van der Waals surface area contributed by atoms with Gasteiger partial charge in [0.15, 0.2) is 9.84 Å². The molecule has 96 valence electrons. The predicted molar refractivity (Wildman–Crippen MR) is 65.2 cm³/mol. The van der Waals surface area contributed by atoms with Crippen molar-refractivity contribution in [1.82, 2.24) is 4.90 Å². The molecule has 0 aromatic heterocycles. The number of aliphatic hydroxyl groups is 1. The molecule has 0 aromatic carbocycles. The Kier molecular flexibility index (Phi) is 4.76. The van der Waals surface area contributed by atoms with Crippen molar-refractivity contribution < 1.29 is 13.5 Å². The van der Waals surface area contributed by atoms with Crippen molar-refractivity contribution in [3.63, 3.8) is 0 Å². The van der Waals surface area contributed by atoms with Crippen LogP contribution < -0.4 is 0 Å². The second-order valence-corrected chi connectivity index (χ2v) is 7.73. The number of likely N-dealkylation sites (tertiary alicyclic amines) is 1. The first-order chi connectivity index (χ1) is 7.33. The molecule has 5 heteroatoms. The Labute approximate surface area is 98.6 Å². The predicted octanol–water partition coefficient (Wildman–Crippen LogP) is 0.512. The summed E-state index contributed by atoms with van der Waals surface area (Å²) in [5.74, 6) is 0.532. The molecule has 1 N–H and O–H groups in total. The van der Waals surface area contributed by atoms with E-state index in [0.717, 1.165) is 13.0 Å². The van der Waals surface area contributed by atoms with Gasteiger partial charge >= 0.3 is 0 Å². The van der Waals surface area contributed by atoms with E-state index in [1.807, 2.05) is 11.8 Å². The first kappa shape index (κ1) is 13.9. The Morgan fingerprint density at radius 2 is 2.06 bits per heavy atom. The van der Waals surface area contributed by atoms with Gasteiger partial charge < -0.3 is 5.11 Å². The van der Waals surface area contributed by atoms with Crippen molar-refractivity contribution in [2.75, 3.05) is 25.4 Å². The number of hydrogen-bond acceptors (Lipinski definition) is 4. The highest BCUT2D eigenvalue weighted by atomic mass is 32.2. The fourth-order valence-corrected chi connectivity index (χ4v) is 2.79. The summed E-state index contributed by atoms with van der Waals surface area (Å²) in [5, 5.41) is 9.39. The standard InChI is InChI=1S/C11H23NO3S/c1-9(2)16(14,15)7-6-12-5-4-10(3)11(13)8-12/h9-11,13H,4-8H2,1-3H3. The van der Waals surface area contributed by atoms with E-state index < -0.39 is 9.84 Å². The van der Waals surface area contributed by atoms with Crippen LogP contribution in [0.2, 0.25) is 0 Å². The third kappa shape index (κ3) is 3.71. The SMILES string of the molecule is CC1CCN(CCS(=O)(=O)C(C)C)CC1O. The number of rotatable bonds is 4. The molecule has 0 amide bonds. The van der Waals surface area contributed by atoms with Gasteiger partial charge in [-0.3, -0.25) is 4.90 Å². The maximum atomic E-state index is 11.6. The van der Waals surface area contributed by atoms with Gasteiger partial charge in [-0.2, -0.15) is 0 Å². The van der Waals surface area contributed by atoms with Crippen LogP contribution >= 0.6 is 0 Å². The second-order valence-electron chi connectivity index (χ2n) is 5.05. The fourth-order valence-electron chi connectivity index (χ4n) is 1.81. The van der Waals surface area contributed by atoms with Gasteiger partial charge in [0.1, 0.15) is 0 Å². The lowest BCUT2D eigenvalue weighted by atomic mass is 9.96. The topological polar surface area (TPSA) is 57.6 Å². The van der Waals surface area contributed by atoms with Crippen LogP contribution in [-0.4, -0.2) is 55.2 Å². The van der Waals surface area contributed by atoms with Gasteiger partial charge in [-0.25, -0.2) is 8.42 Å². The quantitative estimate of drug-likeness (QED) is 0.789. The Hall–Kier alpha value is -0.130. The summed E-state index contributed by atoms with van der Waals surface area (Å²) in [4.78, 5) is 2.05. The molecule has 1 aliphatic rings. The zero-order chi connectivity index (χ0) is 12.3. The Morgan fingerprint density at radius 1 is 1.44 bits per heavy atom. The van der Waals surface area contributed by atoms with E-state index in [1.165, 1.54) is 0 Å². The zero-order valence-electron chi connectivity index (χ0n) is 10.4. The van der Waals surface area contributed by atoms with Gasteiger partial charge in [0, 0.05) is 13.1 Å². The molecule has 0 spiro atoms. The van der Waals surface area contributed by atoms with E-state index in [4.69, 9.17) is 0 Å². The highest BCUT2D eigenvalue weighted by molar-refractivity contribution is 7.92. The number of hydrogen-bond donors (Lipinski definition) is 1. The fraction of sp³-hybridized carbons (Fsp3) is 1.00. The van der Waals surface area contributed by atoms with Crippen LogP contribution in [0.1, 0.15) is 27.2 Å². The van der Waals surface area contributed by atoms with Crippen molar-refractivity contribution in [2.24, 2.45) is 5.92 Å². The molecule has 4 nitrogen and oxygen atoms in total. The molecule has 2 atom stereocenters. The Morgan fingerprint density at radius 3 is 2.56 bits per heavy atom. The van der Waals surface area contributed by atoms with Crippen LogP contribution in [-0.2, 0) is 9.84 Å². The third-order valence-electron chi connectivity index (χ3n) is 3.41. The molecule has 1 saturated heterocycles. The lowest BCUT2D eigenvalue weighted by Gasteiger charge is -2.34. The van der Waals surface area contributed by atoms with Crippen LogP contribution in [0, 0.1) is 5.92 Å². The maximum absolute atomic E-state index is 11.6. The maximum Gasteiger partial charge on any atom is 0.153 e. The molecule has 0 saturated carbocycles. The average molecular weight is 249 g/mol. The van der Waals surface area contributed by atoms with E-state index in [0.29, 0.717) is 19.0 Å². The van der Waals surface area contributed by atoms with Crippen molar-refractivity contribution in [3.8, 4) is 0 Å². The van der Waals surface area contributed by atoms with Gasteiger partial charge in [0.2, 0.25) is 0 Å². The molecule has 0 aliphatic carbocycles. The number of sulfone groups is 1. The summed E-state index contributed by atoms with van der Waals surface area (Å²) in [5.41, 5.74) is 0. The molecule has 16 heavy (non-hydrogen) atoms. The number of piperidine rings is 1. The lowest BCUT2D eigenvalue weighted by Crippen LogP contribution is -2.44. The number of nitrogens with zero attached hydrogens (tertiary/aromatic N) is 1. The second kappa shape index (κ2) is 5.47. The molecular formula is C11H23NO3S. The molecule has 0 bridgehead atoms. The lowest BCUT2D eigenvalue weighted by molar-refractivity contribution is 0.0319. The monoisotopic (exact) mass is 249 g/mol. The van der Waals surface area contributed by atoms with E-state index >= 15 is 0 Å². The van der Waals surface area contributed by atoms with Crippen LogP contribution in [0.25, 0.3) is 0 Å². The molecule has 1 rings (SSSR count). The summed E-state index contributed by atoms with van der Waals surface area (Å²) in [6, 6.07) is 0. The number of aliphatic hydroxyl groups excluding tert-OH is 1. The summed E-state index contributed by atoms with van der Waals surface area (Å²) < 4.78 is 23.3. The van der Waals surface area contributed by atoms with E-state index in [9.17, 15) is 13.5 Å². The molecule has 0 aromatic rings. The number of β-amino-alcohol motifs (C(OH)–C–C–N with tert-alkyl or cyclic N) is 1. The summed E-state index contributed by atoms with van der Waals surface area (Å²) in [7, 11) is -2.95. The first-order valence-corrected chi connectivity index (χ1v) is 7.66. The van der Waals surface area contributed by atoms with Crippen molar-refractivity contribution in [1.29, 1.82) is 0 Å². The van der Waals surface area contributed by atoms with Gasteiger partial charge in [0.05, 0.1) is 17.1 Å². The highest BCUT2D eigenvalue weighted by Crippen LogP contribution is 2.16. The summed E-state index contributed by atoms with van der Waals surface area (Å²) >= 11 is 0. The van der Waals surface area contributed by atoms with Gasteiger partial charge in [-0.1, -0.05) is 6.92 Å². The van der Waals surface area contributed by atoms with E-state index in [2.05, 4.69) is 0 Å². The van der Waals surface area contributed by atoms with Gasteiger partial charge in [0.25, 0.3) is 0 Å². The third-order valence-corrected chi connectivity index (χ3v) is 5.60. The van der Waals surface area contributed by atoms with Gasteiger partial charge in [-0.05, 0) is 32.7 Å². The van der Waals surface area contributed by atoms with Crippen molar-refractivity contribution in [3.05, 3.63) is 0 Å². The molecule has 1 heterocycles. The van der Waals surface area contributed by atoms with E-state index in [-0.39, 0.29) is 17.1 Å². The highest BCUT2D eigenvalue weighted by Gasteiger charge is 2.25. The molecule has 0 radical (unpaired) electrons. The summed E-state index contributed by atoms with van der Waals surface area (Å²) in [6.45, 7) is 7.50. The van der Waals surface area contributed by atoms with Crippen LogP contribution in [0.5, 0.6) is 0 Å². The van der Waals surface area contributed by atoms with Crippen molar-refractivity contribution >= 4 is 9.84 Å². The molecule has 1 fully saturated rings. The molecular weight excluding hydrogens is 226 g/mol. The normalized spacial score (nSPS) is 28.6. The smallest absolute Gasteiger partial charge is 0.153 e. The zero-order valence-corrected chi connectivity index (χ0v) is 11.2. The largest absolute Gasteiger partial charge is 0.392 e. The summed E-state index contributed by atoms with van der Waals surface area (Å²) in [6.07, 6.45) is 0.638. The van der Waals surface area contributed by atoms with Crippen molar-refractivity contribution in [2.45, 2.75) is 38.5 Å². The van der Waals surface area contributed by atoms with Crippen LogP contribution in [0.4, 0.5) is 0 Å². The van der Waals surface area contributed by atoms with Gasteiger partial charge in [-0.15, -0.1) is 0 Å². The minimum absolute atomic E-state index is 0.200. The van der Waals surface area contributed by atoms with Crippen LogP contribution in [0.15, 0.2) is 0 Å². The van der Waals surface area contributed by atoms with E-state index in [1.54, 1.807) is 13.8 Å². The Bertz CT molecular complexity index is 313. The molecule has 1 aliphatic heterocycles. The molecule has 2 unspecified atom stereocenters. The Balaban J connectivity index is 2.40. The minimum atomic E-state index is -2.95. The first-order valence-electron chi connectivity index (χ1n) is 5.95. The minimum Gasteiger partial charge on any atom is -0.392 e.